The van der Waals surface area contributed by atoms with Crippen LogP contribution < -0.4 is 0 Å². The normalized spacial score (nSPS) is 14.4. The van der Waals surface area contributed by atoms with Gasteiger partial charge in [-0.3, -0.25) is 0 Å². The first-order valence-corrected chi connectivity index (χ1v) is 6.78. The van der Waals surface area contributed by atoms with Crippen LogP contribution in [0.15, 0.2) is 5.38 Å². The zero-order valence-corrected chi connectivity index (χ0v) is 11.7. The van der Waals surface area contributed by atoms with Crippen molar-refractivity contribution in [1.29, 1.82) is 0 Å². The molecule has 1 aromatic heterocycles. The molecule has 80 valence electrons. The number of halogens is 1. The van der Waals surface area contributed by atoms with E-state index in [2.05, 4.69) is 54.0 Å². The summed E-state index contributed by atoms with van der Waals surface area (Å²) in [5.74, 6) is 0. The van der Waals surface area contributed by atoms with Gasteiger partial charge >= 0.3 is 0 Å². The lowest BCUT2D eigenvalue weighted by Gasteiger charge is -2.14. The lowest BCUT2D eigenvalue weighted by atomic mass is 9.93. The van der Waals surface area contributed by atoms with Gasteiger partial charge in [-0.15, -0.1) is 11.3 Å². The maximum atomic E-state index is 4.65. The van der Waals surface area contributed by atoms with Crippen LogP contribution in [0, 0.1) is 0 Å². The summed E-state index contributed by atoms with van der Waals surface area (Å²) in [7, 11) is 0. The molecule has 1 nitrogen and oxygen atoms in total. The summed E-state index contributed by atoms with van der Waals surface area (Å²) in [5.41, 5.74) is 1.41. The number of alkyl halides is 1. The SMILES string of the molecule is CC(Br)CCc1nc(C(C)(C)C)cs1. The summed E-state index contributed by atoms with van der Waals surface area (Å²) in [6, 6.07) is 0. The molecule has 0 saturated carbocycles. The van der Waals surface area contributed by atoms with Gasteiger partial charge < -0.3 is 0 Å². The molecule has 1 atom stereocenters. The minimum atomic E-state index is 0.189. The van der Waals surface area contributed by atoms with Crippen molar-refractivity contribution in [3.05, 3.63) is 16.1 Å². The summed E-state index contributed by atoms with van der Waals surface area (Å²) in [4.78, 5) is 5.24. The highest BCUT2D eigenvalue weighted by Crippen LogP contribution is 2.24. The molecule has 0 saturated heterocycles. The van der Waals surface area contributed by atoms with Crippen molar-refractivity contribution in [1.82, 2.24) is 4.98 Å². The lowest BCUT2D eigenvalue weighted by molar-refractivity contribution is 0.570. The van der Waals surface area contributed by atoms with Gasteiger partial charge in [-0.05, 0) is 6.42 Å². The molecule has 0 radical (unpaired) electrons. The summed E-state index contributed by atoms with van der Waals surface area (Å²) < 4.78 is 0. The number of rotatable bonds is 3. The van der Waals surface area contributed by atoms with Crippen LogP contribution in [-0.4, -0.2) is 9.81 Å². The van der Waals surface area contributed by atoms with E-state index in [1.54, 1.807) is 11.3 Å². The molecule has 3 heteroatoms. The maximum Gasteiger partial charge on any atom is 0.0928 e. The molecule has 0 spiro atoms. The van der Waals surface area contributed by atoms with Crippen LogP contribution in [0.25, 0.3) is 0 Å². The smallest absolute Gasteiger partial charge is 0.0928 e. The van der Waals surface area contributed by atoms with Gasteiger partial charge in [0, 0.05) is 22.0 Å². The van der Waals surface area contributed by atoms with E-state index >= 15 is 0 Å². The molecule has 1 rings (SSSR count). The highest BCUT2D eigenvalue weighted by Gasteiger charge is 2.17. The van der Waals surface area contributed by atoms with Gasteiger partial charge in [-0.1, -0.05) is 43.6 Å². The third kappa shape index (κ3) is 3.70. The van der Waals surface area contributed by atoms with Crippen molar-refractivity contribution in [3.63, 3.8) is 0 Å². The van der Waals surface area contributed by atoms with E-state index in [4.69, 9.17) is 0 Å². The van der Waals surface area contributed by atoms with Crippen LogP contribution in [0.5, 0.6) is 0 Å². The quantitative estimate of drug-likeness (QED) is 0.755. The Kier molecular flexibility index (Phi) is 4.14. The highest BCUT2D eigenvalue weighted by atomic mass is 79.9. The van der Waals surface area contributed by atoms with Crippen LogP contribution in [0.2, 0.25) is 0 Å². The van der Waals surface area contributed by atoms with Crippen LogP contribution in [-0.2, 0) is 11.8 Å². The number of aryl methyl sites for hydroxylation is 1. The molecular formula is C11H18BrNS. The van der Waals surface area contributed by atoms with Gasteiger partial charge in [0.15, 0.2) is 0 Å². The van der Waals surface area contributed by atoms with Crippen LogP contribution in [0.4, 0.5) is 0 Å². The molecule has 1 heterocycles. The summed E-state index contributed by atoms with van der Waals surface area (Å²) in [5, 5.41) is 3.45. The van der Waals surface area contributed by atoms with Crippen molar-refractivity contribution in [2.45, 2.75) is 50.8 Å². The van der Waals surface area contributed by atoms with Crippen molar-refractivity contribution in [2.75, 3.05) is 0 Å². The van der Waals surface area contributed by atoms with E-state index in [1.165, 1.54) is 10.7 Å². The van der Waals surface area contributed by atoms with Crippen LogP contribution in [0.3, 0.4) is 0 Å². The Labute approximate surface area is 99.1 Å². The summed E-state index contributed by atoms with van der Waals surface area (Å²) >= 11 is 5.34. The third-order valence-electron chi connectivity index (χ3n) is 2.08. The lowest BCUT2D eigenvalue weighted by Crippen LogP contribution is -2.11. The molecule has 0 aliphatic heterocycles. The molecule has 0 aromatic carbocycles. The van der Waals surface area contributed by atoms with Gasteiger partial charge in [0.2, 0.25) is 0 Å². The average Bonchev–Trinajstić information content (AvgIpc) is 2.47. The van der Waals surface area contributed by atoms with Crippen molar-refractivity contribution in [3.8, 4) is 0 Å². The molecular weight excluding hydrogens is 258 g/mol. The maximum absolute atomic E-state index is 4.65. The average molecular weight is 276 g/mol. The fourth-order valence-corrected chi connectivity index (χ4v) is 2.36. The number of thiazole rings is 1. The Morgan fingerprint density at radius 2 is 2.14 bits per heavy atom. The van der Waals surface area contributed by atoms with E-state index in [0.717, 1.165) is 12.8 Å². The standard InChI is InChI=1S/C11H18BrNS/c1-8(12)5-6-10-13-9(7-14-10)11(2,3)4/h7-8H,5-6H2,1-4H3. The number of hydrogen-bond donors (Lipinski definition) is 0. The topological polar surface area (TPSA) is 12.9 Å². The molecule has 1 aromatic rings. The molecule has 14 heavy (non-hydrogen) atoms. The Hall–Kier alpha value is 0.110. The molecule has 1 unspecified atom stereocenters. The summed E-state index contributed by atoms with van der Waals surface area (Å²) in [6.07, 6.45) is 2.25. The largest absolute Gasteiger partial charge is 0.246 e. The minimum absolute atomic E-state index is 0.189. The molecule has 0 aliphatic rings. The molecule has 0 amide bonds. The predicted octanol–water partition coefficient (Wildman–Crippen LogP) is 4.16. The molecule has 0 N–H and O–H groups in total. The second kappa shape index (κ2) is 4.75. The van der Waals surface area contributed by atoms with E-state index in [9.17, 15) is 0 Å². The second-order valence-electron chi connectivity index (χ2n) is 4.70. The Bertz CT molecular complexity index is 286. The Balaban J connectivity index is 2.60. The van der Waals surface area contributed by atoms with Crippen molar-refractivity contribution >= 4 is 27.3 Å². The van der Waals surface area contributed by atoms with E-state index in [-0.39, 0.29) is 5.41 Å². The fourth-order valence-electron chi connectivity index (χ4n) is 1.09. The highest BCUT2D eigenvalue weighted by molar-refractivity contribution is 9.09. The zero-order chi connectivity index (χ0) is 10.8. The Morgan fingerprint density at radius 3 is 2.57 bits per heavy atom. The number of hydrogen-bond acceptors (Lipinski definition) is 2. The molecule has 0 bridgehead atoms. The monoisotopic (exact) mass is 275 g/mol. The van der Waals surface area contributed by atoms with Crippen molar-refractivity contribution < 1.29 is 0 Å². The Morgan fingerprint density at radius 1 is 1.50 bits per heavy atom. The van der Waals surface area contributed by atoms with Gasteiger partial charge in [0.05, 0.1) is 10.7 Å². The molecule has 0 fully saturated rings. The molecule has 0 aliphatic carbocycles. The predicted molar refractivity (Wildman–Crippen MR) is 67.5 cm³/mol. The zero-order valence-electron chi connectivity index (χ0n) is 9.30. The second-order valence-corrected chi connectivity index (χ2v) is 7.20. The number of aromatic nitrogens is 1. The van der Waals surface area contributed by atoms with Crippen LogP contribution >= 0.6 is 27.3 Å². The first-order chi connectivity index (χ1) is 6.39. The minimum Gasteiger partial charge on any atom is -0.246 e. The van der Waals surface area contributed by atoms with Crippen LogP contribution in [0.1, 0.15) is 44.8 Å². The summed E-state index contributed by atoms with van der Waals surface area (Å²) in [6.45, 7) is 8.80. The van der Waals surface area contributed by atoms with Gasteiger partial charge in [0.1, 0.15) is 0 Å². The first-order valence-electron chi connectivity index (χ1n) is 4.98. The fraction of sp³-hybridized carbons (Fsp3) is 0.727. The van der Waals surface area contributed by atoms with E-state index < -0.39 is 0 Å². The van der Waals surface area contributed by atoms with E-state index in [0.29, 0.717) is 4.83 Å². The number of nitrogens with zero attached hydrogens (tertiary/aromatic N) is 1. The third-order valence-corrected chi connectivity index (χ3v) is 3.44. The first kappa shape index (κ1) is 12.2. The van der Waals surface area contributed by atoms with Gasteiger partial charge in [-0.25, -0.2) is 4.98 Å². The van der Waals surface area contributed by atoms with Gasteiger partial charge in [-0.2, -0.15) is 0 Å². The van der Waals surface area contributed by atoms with Gasteiger partial charge in [0.25, 0.3) is 0 Å². The van der Waals surface area contributed by atoms with Crippen molar-refractivity contribution in [2.24, 2.45) is 0 Å². The van der Waals surface area contributed by atoms with E-state index in [1.807, 2.05) is 0 Å².